The number of aliphatic hydroxyl groups excluding tert-OH is 1. The van der Waals surface area contributed by atoms with E-state index in [1.54, 1.807) is 4.90 Å². The number of hydrogen-bond acceptors (Lipinski definition) is 3. The molecule has 3 nitrogen and oxygen atoms in total. The lowest BCUT2D eigenvalue weighted by Crippen LogP contribution is -2.23. The first-order valence-electron chi connectivity index (χ1n) is 3.15. The molecular formula is C6H10N2O. The smallest absolute Gasteiger partial charge is 0.179 e. The average Bonchev–Trinajstić information content (AvgIpc) is 2.64. The van der Waals surface area contributed by atoms with Crippen LogP contribution < -0.4 is 0 Å². The summed E-state index contributed by atoms with van der Waals surface area (Å²) in [7, 11) is 0. The SMILES string of the molecule is N#CN(CCO)C1CC1. The minimum absolute atomic E-state index is 0.0874. The predicted molar refractivity (Wildman–Crippen MR) is 32.4 cm³/mol. The molecule has 0 aromatic carbocycles. The second kappa shape index (κ2) is 2.70. The van der Waals surface area contributed by atoms with Crippen molar-refractivity contribution in [1.82, 2.24) is 4.90 Å². The van der Waals surface area contributed by atoms with Gasteiger partial charge in [-0.15, -0.1) is 0 Å². The van der Waals surface area contributed by atoms with Crippen LogP contribution in [0, 0.1) is 11.5 Å². The predicted octanol–water partition coefficient (Wildman–Crippen LogP) is -0.0758. The van der Waals surface area contributed by atoms with Crippen LogP contribution in [-0.4, -0.2) is 29.2 Å². The molecule has 0 unspecified atom stereocenters. The summed E-state index contributed by atoms with van der Waals surface area (Å²) in [5.74, 6) is 0. The van der Waals surface area contributed by atoms with Gasteiger partial charge in [-0.3, -0.25) is 0 Å². The normalized spacial score (nSPS) is 16.9. The first-order valence-corrected chi connectivity index (χ1v) is 3.15. The minimum Gasteiger partial charge on any atom is -0.395 e. The monoisotopic (exact) mass is 126 g/mol. The maximum absolute atomic E-state index is 8.45. The number of rotatable bonds is 3. The molecule has 3 heteroatoms. The van der Waals surface area contributed by atoms with E-state index in [0.717, 1.165) is 12.8 Å². The van der Waals surface area contributed by atoms with Gasteiger partial charge in [0.05, 0.1) is 13.2 Å². The van der Waals surface area contributed by atoms with E-state index in [1.807, 2.05) is 6.19 Å². The van der Waals surface area contributed by atoms with E-state index < -0.39 is 0 Å². The molecule has 9 heavy (non-hydrogen) atoms. The fraction of sp³-hybridized carbons (Fsp3) is 0.833. The third-order valence-electron chi connectivity index (χ3n) is 1.46. The van der Waals surface area contributed by atoms with Crippen LogP contribution in [0.25, 0.3) is 0 Å². The standard InChI is InChI=1S/C6H10N2O/c7-5-8(3-4-9)6-1-2-6/h6,9H,1-4H2. The molecule has 0 saturated heterocycles. The Balaban J connectivity index is 2.23. The van der Waals surface area contributed by atoms with Crippen LogP contribution in [0.2, 0.25) is 0 Å². The van der Waals surface area contributed by atoms with Crippen molar-refractivity contribution in [1.29, 1.82) is 5.26 Å². The molecule has 50 valence electrons. The van der Waals surface area contributed by atoms with Crippen LogP contribution in [0.15, 0.2) is 0 Å². The molecule has 0 aliphatic heterocycles. The minimum atomic E-state index is 0.0874. The summed E-state index contributed by atoms with van der Waals surface area (Å²) < 4.78 is 0. The molecule has 0 aromatic heterocycles. The van der Waals surface area contributed by atoms with Crippen molar-refractivity contribution in [3.63, 3.8) is 0 Å². The van der Waals surface area contributed by atoms with E-state index >= 15 is 0 Å². The number of nitriles is 1. The zero-order chi connectivity index (χ0) is 6.69. The highest BCUT2D eigenvalue weighted by atomic mass is 16.3. The number of aliphatic hydroxyl groups is 1. The maximum atomic E-state index is 8.45. The summed E-state index contributed by atoms with van der Waals surface area (Å²) in [4.78, 5) is 1.64. The van der Waals surface area contributed by atoms with E-state index in [2.05, 4.69) is 0 Å². The van der Waals surface area contributed by atoms with E-state index in [-0.39, 0.29) is 6.61 Å². The Morgan fingerprint density at radius 2 is 2.33 bits per heavy atom. The van der Waals surface area contributed by atoms with Gasteiger partial charge in [-0.25, -0.2) is 0 Å². The van der Waals surface area contributed by atoms with E-state index in [9.17, 15) is 0 Å². The molecule has 1 aliphatic rings. The first-order chi connectivity index (χ1) is 4.38. The summed E-state index contributed by atoms with van der Waals surface area (Å²) >= 11 is 0. The third kappa shape index (κ3) is 1.58. The molecule has 0 aromatic rings. The zero-order valence-electron chi connectivity index (χ0n) is 5.25. The lowest BCUT2D eigenvalue weighted by molar-refractivity contribution is 0.238. The molecule has 0 radical (unpaired) electrons. The number of nitrogens with zero attached hydrogens (tertiary/aromatic N) is 2. The second-order valence-corrected chi connectivity index (χ2v) is 2.25. The fourth-order valence-electron chi connectivity index (χ4n) is 0.808. The highest BCUT2D eigenvalue weighted by molar-refractivity contribution is 4.91. The van der Waals surface area contributed by atoms with Crippen LogP contribution in [0.1, 0.15) is 12.8 Å². The average molecular weight is 126 g/mol. The largest absolute Gasteiger partial charge is 0.395 e. The second-order valence-electron chi connectivity index (χ2n) is 2.25. The van der Waals surface area contributed by atoms with Gasteiger partial charge in [0.2, 0.25) is 0 Å². The Morgan fingerprint density at radius 1 is 1.67 bits per heavy atom. The van der Waals surface area contributed by atoms with E-state index in [4.69, 9.17) is 10.4 Å². The molecule has 1 aliphatic carbocycles. The molecule has 0 spiro atoms. The summed E-state index contributed by atoms with van der Waals surface area (Å²) in [6.45, 7) is 0.589. The van der Waals surface area contributed by atoms with Crippen LogP contribution >= 0.6 is 0 Å². The lowest BCUT2D eigenvalue weighted by Gasteiger charge is -2.10. The van der Waals surface area contributed by atoms with Crippen molar-refractivity contribution in [2.45, 2.75) is 18.9 Å². The van der Waals surface area contributed by atoms with Crippen LogP contribution in [0.5, 0.6) is 0 Å². The highest BCUT2D eigenvalue weighted by Gasteiger charge is 2.27. The third-order valence-corrected chi connectivity index (χ3v) is 1.46. The van der Waals surface area contributed by atoms with Crippen molar-refractivity contribution < 1.29 is 5.11 Å². The molecule has 1 fully saturated rings. The first kappa shape index (κ1) is 6.37. The van der Waals surface area contributed by atoms with Gasteiger partial charge in [0, 0.05) is 6.04 Å². The van der Waals surface area contributed by atoms with E-state index in [1.165, 1.54) is 0 Å². The Hall–Kier alpha value is -0.750. The van der Waals surface area contributed by atoms with Gasteiger partial charge in [-0.1, -0.05) is 0 Å². The van der Waals surface area contributed by atoms with Gasteiger partial charge in [0.15, 0.2) is 6.19 Å². The summed E-state index contributed by atoms with van der Waals surface area (Å²) in [5.41, 5.74) is 0. The Morgan fingerprint density at radius 3 is 2.67 bits per heavy atom. The van der Waals surface area contributed by atoms with Gasteiger partial charge >= 0.3 is 0 Å². The van der Waals surface area contributed by atoms with Gasteiger partial charge in [-0.05, 0) is 12.8 Å². The highest BCUT2D eigenvalue weighted by Crippen LogP contribution is 2.25. The van der Waals surface area contributed by atoms with Crippen molar-refractivity contribution in [3.8, 4) is 6.19 Å². The van der Waals surface area contributed by atoms with Crippen molar-refractivity contribution >= 4 is 0 Å². The summed E-state index contributed by atoms with van der Waals surface area (Å²) in [6, 6.07) is 0.446. The molecular weight excluding hydrogens is 116 g/mol. The summed E-state index contributed by atoms with van der Waals surface area (Å²) in [6.07, 6.45) is 4.28. The van der Waals surface area contributed by atoms with Crippen LogP contribution in [0.4, 0.5) is 0 Å². The fourth-order valence-corrected chi connectivity index (χ4v) is 0.808. The maximum Gasteiger partial charge on any atom is 0.179 e. The molecule has 1 rings (SSSR count). The van der Waals surface area contributed by atoms with E-state index in [0.29, 0.717) is 12.6 Å². The lowest BCUT2D eigenvalue weighted by atomic mass is 10.5. The Labute approximate surface area is 54.5 Å². The Kier molecular flexibility index (Phi) is 1.91. The molecule has 0 atom stereocenters. The van der Waals surface area contributed by atoms with Crippen LogP contribution in [-0.2, 0) is 0 Å². The Bertz CT molecular complexity index is 126. The zero-order valence-corrected chi connectivity index (χ0v) is 5.25. The molecule has 0 heterocycles. The quantitative estimate of drug-likeness (QED) is 0.425. The van der Waals surface area contributed by atoms with Crippen molar-refractivity contribution in [2.75, 3.05) is 13.2 Å². The summed E-state index contributed by atoms with van der Waals surface area (Å²) in [5, 5.41) is 16.9. The van der Waals surface area contributed by atoms with Gasteiger partial charge in [0.25, 0.3) is 0 Å². The van der Waals surface area contributed by atoms with Gasteiger partial charge < -0.3 is 10.0 Å². The van der Waals surface area contributed by atoms with Crippen molar-refractivity contribution in [3.05, 3.63) is 0 Å². The van der Waals surface area contributed by atoms with Crippen molar-refractivity contribution in [2.24, 2.45) is 0 Å². The molecule has 0 amide bonds. The molecule has 1 N–H and O–H groups in total. The number of hydrogen-bond donors (Lipinski definition) is 1. The molecule has 1 saturated carbocycles. The van der Waals surface area contributed by atoms with Gasteiger partial charge in [0.1, 0.15) is 0 Å². The molecule has 0 bridgehead atoms. The topological polar surface area (TPSA) is 47.3 Å². The van der Waals surface area contributed by atoms with Gasteiger partial charge in [-0.2, -0.15) is 5.26 Å². The van der Waals surface area contributed by atoms with Crippen LogP contribution in [0.3, 0.4) is 0 Å².